The van der Waals surface area contributed by atoms with Crippen LogP contribution in [0.25, 0.3) is 16.6 Å². The first kappa shape index (κ1) is 23.9. The third-order valence-electron chi connectivity index (χ3n) is 5.21. The Morgan fingerprint density at radius 3 is 2.69 bits per heavy atom. The topological polar surface area (TPSA) is 135 Å². The predicted molar refractivity (Wildman–Crippen MR) is 135 cm³/mol. The molecule has 2 aromatic carbocycles. The number of nitrogens with zero attached hydrogens (tertiary/aromatic N) is 3. The molecule has 2 amide bonds. The lowest BCUT2D eigenvalue weighted by atomic mass is 10.1. The third-order valence-corrected chi connectivity index (χ3v) is 8.27. The molecule has 184 valence electrons. The summed E-state index contributed by atoms with van der Waals surface area (Å²) in [5, 5.41) is 5.70. The van der Waals surface area contributed by atoms with E-state index in [0.29, 0.717) is 17.4 Å². The number of hydrogen-bond donors (Lipinski definition) is 3. The summed E-state index contributed by atoms with van der Waals surface area (Å²) in [5.41, 5.74) is 0.643. The number of thiophene rings is 1. The second-order valence-electron chi connectivity index (χ2n) is 7.59. The van der Waals surface area contributed by atoms with Crippen LogP contribution < -0.4 is 20.9 Å². The Morgan fingerprint density at radius 2 is 2.00 bits per heavy atom. The minimum absolute atomic E-state index is 0.0237. The first-order chi connectivity index (χ1) is 17.2. The second kappa shape index (κ2) is 9.33. The standard InChI is InChI=1S/C22H16ClFN6O4S2/c23-18-5-6-19(35-18)36(33,34)29-22(32)28-13-2-4-17(15(24)10-13)30-11-27-16-9-12(20-25-7-8-26-20)1-3-14(16)21(30)31/h1-6,9-11H,7-8H2,(H,25,26)(H2,28,29,32). The van der Waals surface area contributed by atoms with Gasteiger partial charge in [-0.1, -0.05) is 17.7 Å². The third kappa shape index (κ3) is 4.67. The Labute approximate surface area is 212 Å². The van der Waals surface area contributed by atoms with E-state index in [4.69, 9.17) is 11.6 Å². The van der Waals surface area contributed by atoms with Crippen molar-refractivity contribution >= 4 is 61.4 Å². The van der Waals surface area contributed by atoms with Crippen molar-refractivity contribution in [1.29, 1.82) is 0 Å². The van der Waals surface area contributed by atoms with E-state index in [9.17, 15) is 22.4 Å². The fourth-order valence-corrected chi connectivity index (χ4v) is 5.97. The SMILES string of the molecule is O=C(Nc1ccc(-n2cnc3cc(C4=NCCN4)ccc3c2=O)c(F)c1)NS(=O)(=O)c1ccc(Cl)s1. The van der Waals surface area contributed by atoms with Gasteiger partial charge in [-0.3, -0.25) is 14.4 Å². The van der Waals surface area contributed by atoms with E-state index in [2.05, 4.69) is 20.6 Å². The van der Waals surface area contributed by atoms with Gasteiger partial charge < -0.3 is 10.6 Å². The lowest BCUT2D eigenvalue weighted by Gasteiger charge is -2.11. The highest BCUT2D eigenvalue weighted by Gasteiger charge is 2.20. The van der Waals surface area contributed by atoms with Crippen LogP contribution in [0.5, 0.6) is 0 Å². The largest absolute Gasteiger partial charge is 0.368 e. The van der Waals surface area contributed by atoms with Gasteiger partial charge in [-0.2, -0.15) is 0 Å². The van der Waals surface area contributed by atoms with Crippen molar-refractivity contribution in [2.45, 2.75) is 4.21 Å². The lowest BCUT2D eigenvalue weighted by Crippen LogP contribution is -2.34. The van der Waals surface area contributed by atoms with Gasteiger partial charge in [-0.05, 0) is 42.5 Å². The summed E-state index contributed by atoms with van der Waals surface area (Å²) in [5.74, 6) is -0.0990. The molecule has 3 heterocycles. The van der Waals surface area contributed by atoms with Crippen molar-refractivity contribution in [3.63, 3.8) is 0 Å². The Morgan fingerprint density at radius 1 is 1.17 bits per heavy atom. The molecule has 0 atom stereocenters. The number of aromatic nitrogens is 2. The number of sulfonamides is 1. The van der Waals surface area contributed by atoms with Crippen LogP contribution in [0.3, 0.4) is 0 Å². The molecule has 5 rings (SSSR count). The fraction of sp³-hybridized carbons (Fsp3) is 0.0909. The molecule has 4 aromatic rings. The zero-order valence-electron chi connectivity index (χ0n) is 18.2. The Balaban J connectivity index is 1.37. The van der Waals surface area contributed by atoms with Crippen LogP contribution in [-0.2, 0) is 10.0 Å². The fourth-order valence-electron chi connectivity index (χ4n) is 3.58. The number of benzene rings is 2. The average Bonchev–Trinajstić information content (AvgIpc) is 3.52. The van der Waals surface area contributed by atoms with Gasteiger partial charge in [0.1, 0.15) is 22.2 Å². The number of urea groups is 1. The van der Waals surface area contributed by atoms with Crippen molar-refractivity contribution in [3.8, 4) is 5.69 Å². The van der Waals surface area contributed by atoms with Crippen molar-refractivity contribution in [3.05, 3.63) is 80.9 Å². The Bertz CT molecular complexity index is 1720. The molecular weight excluding hydrogens is 531 g/mol. The summed E-state index contributed by atoms with van der Waals surface area (Å²) in [4.78, 5) is 33.8. The molecule has 0 saturated carbocycles. The van der Waals surface area contributed by atoms with Gasteiger partial charge in [0.25, 0.3) is 15.6 Å². The predicted octanol–water partition coefficient (Wildman–Crippen LogP) is 3.10. The Hall–Kier alpha value is -3.81. The maximum Gasteiger partial charge on any atom is 0.333 e. The maximum atomic E-state index is 14.9. The van der Waals surface area contributed by atoms with E-state index in [0.717, 1.165) is 39.9 Å². The quantitative estimate of drug-likeness (QED) is 0.352. The highest BCUT2D eigenvalue weighted by Crippen LogP contribution is 2.25. The molecule has 10 nitrogen and oxygen atoms in total. The summed E-state index contributed by atoms with van der Waals surface area (Å²) in [6, 6.07) is 10.2. The number of anilines is 1. The molecule has 2 aromatic heterocycles. The van der Waals surface area contributed by atoms with E-state index in [1.54, 1.807) is 18.2 Å². The average molecular weight is 547 g/mol. The summed E-state index contributed by atoms with van der Waals surface area (Å²) in [7, 11) is -4.14. The summed E-state index contributed by atoms with van der Waals surface area (Å²) >= 11 is 6.52. The number of aliphatic imine (C=N–C) groups is 1. The van der Waals surface area contributed by atoms with Gasteiger partial charge in [0.15, 0.2) is 0 Å². The minimum Gasteiger partial charge on any atom is -0.368 e. The summed E-state index contributed by atoms with van der Waals surface area (Å²) in [6.07, 6.45) is 1.22. The number of fused-ring (bicyclic) bond motifs is 1. The number of amidine groups is 1. The van der Waals surface area contributed by atoms with Crippen LogP contribution in [0, 0.1) is 5.82 Å². The van der Waals surface area contributed by atoms with E-state index < -0.39 is 27.4 Å². The molecule has 0 aliphatic carbocycles. The van der Waals surface area contributed by atoms with E-state index >= 15 is 0 Å². The molecule has 0 spiro atoms. The number of carbonyl (C=O) groups is 1. The molecule has 0 bridgehead atoms. The molecule has 1 aliphatic rings. The zero-order chi connectivity index (χ0) is 25.4. The number of nitrogens with one attached hydrogen (secondary N) is 3. The van der Waals surface area contributed by atoms with Crippen molar-refractivity contribution in [1.82, 2.24) is 19.6 Å². The van der Waals surface area contributed by atoms with Gasteiger partial charge in [-0.25, -0.2) is 27.3 Å². The number of amides is 2. The van der Waals surface area contributed by atoms with Crippen LogP contribution in [-0.4, -0.2) is 42.9 Å². The highest BCUT2D eigenvalue weighted by atomic mass is 35.5. The first-order valence-corrected chi connectivity index (χ1v) is 13.1. The first-order valence-electron chi connectivity index (χ1n) is 10.4. The minimum atomic E-state index is -4.14. The van der Waals surface area contributed by atoms with E-state index in [1.807, 2.05) is 4.72 Å². The van der Waals surface area contributed by atoms with Crippen LogP contribution in [0.1, 0.15) is 5.56 Å². The molecular formula is C22H16ClFN6O4S2. The van der Waals surface area contributed by atoms with Gasteiger partial charge in [-0.15, -0.1) is 11.3 Å². The normalized spacial score (nSPS) is 13.3. The highest BCUT2D eigenvalue weighted by molar-refractivity contribution is 7.92. The number of halogens is 2. The van der Waals surface area contributed by atoms with Gasteiger partial charge in [0.2, 0.25) is 0 Å². The van der Waals surface area contributed by atoms with E-state index in [1.165, 1.54) is 30.6 Å². The summed E-state index contributed by atoms with van der Waals surface area (Å²) < 4.78 is 42.4. The second-order valence-corrected chi connectivity index (χ2v) is 11.2. The number of rotatable bonds is 5. The molecule has 0 fully saturated rings. The molecule has 0 radical (unpaired) electrons. The van der Waals surface area contributed by atoms with Gasteiger partial charge >= 0.3 is 6.03 Å². The van der Waals surface area contributed by atoms with Crippen molar-refractivity contribution < 1.29 is 17.6 Å². The molecule has 0 saturated heterocycles. The zero-order valence-corrected chi connectivity index (χ0v) is 20.5. The van der Waals surface area contributed by atoms with Crippen molar-refractivity contribution in [2.75, 3.05) is 18.4 Å². The molecule has 36 heavy (non-hydrogen) atoms. The number of hydrogen-bond acceptors (Lipinski definition) is 8. The van der Waals surface area contributed by atoms with Crippen LogP contribution >= 0.6 is 22.9 Å². The molecule has 1 aliphatic heterocycles. The van der Waals surface area contributed by atoms with Crippen LogP contribution in [0.2, 0.25) is 4.34 Å². The maximum absolute atomic E-state index is 14.9. The van der Waals surface area contributed by atoms with Gasteiger partial charge in [0.05, 0.1) is 27.5 Å². The van der Waals surface area contributed by atoms with Gasteiger partial charge in [0, 0.05) is 17.8 Å². The van der Waals surface area contributed by atoms with E-state index in [-0.39, 0.29) is 19.9 Å². The molecule has 14 heteroatoms. The monoisotopic (exact) mass is 546 g/mol. The van der Waals surface area contributed by atoms with Crippen LogP contribution in [0.15, 0.2) is 68.9 Å². The molecule has 0 unspecified atom stereocenters. The molecule has 3 N–H and O–H groups in total. The van der Waals surface area contributed by atoms with Crippen molar-refractivity contribution in [2.24, 2.45) is 4.99 Å². The summed E-state index contributed by atoms with van der Waals surface area (Å²) in [6.45, 7) is 1.42. The Kier molecular flexibility index (Phi) is 6.20. The number of carbonyl (C=O) groups excluding carboxylic acids is 1. The van der Waals surface area contributed by atoms with Crippen LogP contribution in [0.4, 0.5) is 14.9 Å². The smallest absolute Gasteiger partial charge is 0.333 e. The lowest BCUT2D eigenvalue weighted by molar-refractivity contribution is 0.256.